The van der Waals surface area contributed by atoms with E-state index in [0.717, 1.165) is 42.5 Å². The fraction of sp³-hybridized carbons (Fsp3) is 0.600. The second-order valence-electron chi connectivity index (χ2n) is 12.1. The lowest BCUT2D eigenvalue weighted by Gasteiger charge is -2.31. The first kappa shape index (κ1) is 31.0. The van der Waals surface area contributed by atoms with Crippen molar-refractivity contribution < 1.29 is 23.3 Å². The number of hydrogen-bond acceptors (Lipinski definition) is 6. The molecule has 1 aliphatic rings. The van der Waals surface area contributed by atoms with Gasteiger partial charge in [-0.3, -0.25) is 9.69 Å². The molecule has 0 bridgehead atoms. The van der Waals surface area contributed by atoms with Crippen molar-refractivity contribution in [3.63, 3.8) is 0 Å². The number of para-hydroxylation sites is 1. The average molecular weight is 560 g/mol. The fourth-order valence-electron chi connectivity index (χ4n) is 4.71. The molecule has 0 amide bonds. The van der Waals surface area contributed by atoms with E-state index < -0.39 is 22.7 Å². The van der Waals surface area contributed by atoms with Crippen molar-refractivity contribution in [2.75, 3.05) is 26.2 Å². The third-order valence-electron chi connectivity index (χ3n) is 6.61. The van der Waals surface area contributed by atoms with E-state index in [9.17, 15) is 13.8 Å². The molecule has 0 unspecified atom stereocenters. The van der Waals surface area contributed by atoms with Gasteiger partial charge in [-0.25, -0.2) is 18.3 Å². The third-order valence-corrected chi connectivity index (χ3v) is 8.29. The zero-order valence-corrected chi connectivity index (χ0v) is 25.6. The molecule has 1 aromatic carbocycles. The number of carbonyl (C=O) groups is 2. The lowest BCUT2D eigenvalue weighted by molar-refractivity contribution is -0.142. The Morgan fingerprint density at radius 1 is 1.13 bits per heavy atom. The van der Waals surface area contributed by atoms with Gasteiger partial charge in [0.25, 0.3) is 0 Å². The SMILES string of the molecule is CCOC(=O)Cc1c(CCN2CCC=C([C@@H](C)N[S@](=O)C(C)(C)C)C2)c2ccccc2n1C(=O)OC(C)(C)C. The summed E-state index contributed by atoms with van der Waals surface area (Å²) in [6.45, 7) is 17.9. The quantitative estimate of drug-likeness (QED) is 0.338. The van der Waals surface area contributed by atoms with Crippen LogP contribution in [-0.2, 0) is 38.1 Å². The highest BCUT2D eigenvalue weighted by Gasteiger charge is 2.28. The van der Waals surface area contributed by atoms with Gasteiger partial charge < -0.3 is 9.47 Å². The normalized spacial score (nSPS) is 16.6. The predicted molar refractivity (Wildman–Crippen MR) is 157 cm³/mol. The largest absolute Gasteiger partial charge is 0.466 e. The summed E-state index contributed by atoms with van der Waals surface area (Å²) >= 11 is 0. The van der Waals surface area contributed by atoms with Crippen molar-refractivity contribution in [1.29, 1.82) is 0 Å². The number of nitrogens with one attached hydrogen (secondary N) is 1. The summed E-state index contributed by atoms with van der Waals surface area (Å²) in [4.78, 5) is 28.4. The molecule has 0 radical (unpaired) electrons. The van der Waals surface area contributed by atoms with Gasteiger partial charge in [0.05, 0.1) is 34.3 Å². The van der Waals surface area contributed by atoms with Gasteiger partial charge in [0.1, 0.15) is 5.60 Å². The molecule has 2 aromatic rings. The molecule has 0 aliphatic carbocycles. The second kappa shape index (κ2) is 12.8. The zero-order chi connectivity index (χ0) is 29.0. The number of nitrogens with zero attached hydrogens (tertiary/aromatic N) is 2. The molecular weight excluding hydrogens is 514 g/mol. The molecule has 2 atom stereocenters. The van der Waals surface area contributed by atoms with E-state index in [2.05, 4.69) is 22.6 Å². The van der Waals surface area contributed by atoms with E-state index in [1.807, 2.05) is 65.8 Å². The first-order valence-corrected chi connectivity index (χ1v) is 15.0. The summed E-state index contributed by atoms with van der Waals surface area (Å²) in [5, 5.41) is 0.936. The highest BCUT2D eigenvalue weighted by molar-refractivity contribution is 7.84. The van der Waals surface area contributed by atoms with Gasteiger partial charge in [0.2, 0.25) is 0 Å². The van der Waals surface area contributed by atoms with Crippen LogP contribution in [0.4, 0.5) is 4.79 Å². The van der Waals surface area contributed by atoms with Gasteiger partial charge in [0, 0.05) is 36.8 Å². The second-order valence-corrected chi connectivity index (χ2v) is 14.1. The third kappa shape index (κ3) is 8.25. The maximum absolute atomic E-state index is 13.4. The van der Waals surface area contributed by atoms with E-state index in [1.54, 1.807) is 11.5 Å². The Kier molecular flexibility index (Phi) is 10.2. The minimum Gasteiger partial charge on any atom is -0.466 e. The zero-order valence-electron chi connectivity index (χ0n) is 24.8. The predicted octanol–water partition coefficient (Wildman–Crippen LogP) is 5.15. The molecule has 1 aromatic heterocycles. The van der Waals surface area contributed by atoms with E-state index in [1.165, 1.54) is 5.57 Å². The van der Waals surface area contributed by atoms with Crippen molar-refractivity contribution in [3.8, 4) is 0 Å². The first-order valence-electron chi connectivity index (χ1n) is 13.8. The maximum Gasteiger partial charge on any atom is 0.419 e. The van der Waals surface area contributed by atoms with Crippen LogP contribution in [-0.4, -0.2) is 68.4 Å². The number of ether oxygens (including phenoxy) is 2. The average Bonchev–Trinajstić information content (AvgIpc) is 3.14. The molecule has 216 valence electrons. The van der Waals surface area contributed by atoms with E-state index in [-0.39, 0.29) is 29.8 Å². The number of benzene rings is 1. The molecule has 0 spiro atoms. The molecule has 0 saturated heterocycles. The molecule has 2 heterocycles. The van der Waals surface area contributed by atoms with Gasteiger partial charge in [-0.05, 0) is 85.4 Å². The van der Waals surface area contributed by atoms with Crippen LogP contribution in [0.25, 0.3) is 10.9 Å². The summed E-state index contributed by atoms with van der Waals surface area (Å²) in [7, 11) is -1.15. The van der Waals surface area contributed by atoms with Gasteiger partial charge in [-0.2, -0.15) is 0 Å². The number of rotatable bonds is 9. The Labute approximate surface area is 235 Å². The lowest BCUT2D eigenvalue weighted by Crippen LogP contribution is -2.43. The summed E-state index contributed by atoms with van der Waals surface area (Å²) in [6.07, 6.45) is 3.31. The lowest BCUT2D eigenvalue weighted by atomic mass is 10.0. The number of carbonyl (C=O) groups excluding carboxylic acids is 2. The van der Waals surface area contributed by atoms with Crippen molar-refractivity contribution in [2.45, 2.75) is 91.0 Å². The Morgan fingerprint density at radius 2 is 1.82 bits per heavy atom. The fourth-order valence-corrected chi connectivity index (χ4v) is 5.54. The Morgan fingerprint density at radius 3 is 2.46 bits per heavy atom. The number of aromatic nitrogens is 1. The van der Waals surface area contributed by atoms with Gasteiger partial charge in [-0.15, -0.1) is 0 Å². The maximum atomic E-state index is 13.4. The van der Waals surface area contributed by atoms with Gasteiger partial charge >= 0.3 is 12.1 Å². The van der Waals surface area contributed by atoms with Crippen LogP contribution >= 0.6 is 0 Å². The smallest absolute Gasteiger partial charge is 0.419 e. The van der Waals surface area contributed by atoms with Crippen molar-refractivity contribution >= 4 is 34.0 Å². The minimum atomic E-state index is -1.15. The van der Waals surface area contributed by atoms with E-state index in [4.69, 9.17) is 9.47 Å². The van der Waals surface area contributed by atoms with Crippen molar-refractivity contribution in [1.82, 2.24) is 14.2 Å². The highest BCUT2D eigenvalue weighted by Crippen LogP contribution is 2.29. The number of fused-ring (bicyclic) bond motifs is 1. The topological polar surface area (TPSA) is 89.9 Å². The Hall–Kier alpha value is -2.49. The van der Waals surface area contributed by atoms with E-state index in [0.29, 0.717) is 12.1 Å². The summed E-state index contributed by atoms with van der Waals surface area (Å²) in [5.74, 6) is -0.374. The van der Waals surface area contributed by atoms with Gasteiger partial charge in [0.15, 0.2) is 0 Å². The van der Waals surface area contributed by atoms with Crippen molar-refractivity contribution in [2.24, 2.45) is 0 Å². The Bertz CT molecular complexity index is 1240. The van der Waals surface area contributed by atoms with E-state index >= 15 is 0 Å². The summed E-state index contributed by atoms with van der Waals surface area (Å²) < 4.78 is 28.1. The number of esters is 1. The van der Waals surface area contributed by atoms with Crippen LogP contribution in [0.2, 0.25) is 0 Å². The number of hydrogen-bond donors (Lipinski definition) is 1. The van der Waals surface area contributed by atoms with Crippen LogP contribution < -0.4 is 4.72 Å². The van der Waals surface area contributed by atoms with Crippen LogP contribution in [0.1, 0.15) is 73.1 Å². The molecule has 8 nitrogen and oxygen atoms in total. The van der Waals surface area contributed by atoms with Crippen LogP contribution in [0.3, 0.4) is 0 Å². The molecule has 0 saturated carbocycles. The minimum absolute atomic E-state index is 0.00122. The van der Waals surface area contributed by atoms with Crippen LogP contribution in [0.5, 0.6) is 0 Å². The molecule has 9 heteroatoms. The van der Waals surface area contributed by atoms with Crippen LogP contribution in [0, 0.1) is 0 Å². The first-order chi connectivity index (χ1) is 18.2. The van der Waals surface area contributed by atoms with Crippen LogP contribution in [0.15, 0.2) is 35.9 Å². The highest BCUT2D eigenvalue weighted by atomic mass is 32.2. The standard InChI is InChI=1S/C30H45N3O5S/c1-9-37-27(34)19-26-24(23-14-10-11-15-25(23)33(26)28(35)38-29(3,4)5)16-18-32-17-12-13-22(20-32)21(2)31-39(36)30(6,7)8/h10-11,13-15,21,31H,9,12,16-20H2,1-8H3/t21-,39-/m1/s1. The molecule has 3 rings (SSSR count). The molecule has 1 aliphatic heterocycles. The van der Waals surface area contributed by atoms with Gasteiger partial charge in [-0.1, -0.05) is 24.3 Å². The summed E-state index contributed by atoms with van der Waals surface area (Å²) in [6, 6.07) is 7.72. The molecule has 39 heavy (non-hydrogen) atoms. The molecular formula is C30H45N3O5S. The molecule has 0 fully saturated rings. The monoisotopic (exact) mass is 559 g/mol. The van der Waals surface area contributed by atoms with Crippen molar-refractivity contribution in [3.05, 3.63) is 47.2 Å². The summed E-state index contributed by atoms with van der Waals surface area (Å²) in [5.41, 5.74) is 2.85. The molecule has 1 N–H and O–H groups in total. The Balaban J connectivity index is 1.87.